The molecule has 4 heteroatoms. The normalized spacial score (nSPS) is 10.8. The van der Waals surface area contributed by atoms with Gasteiger partial charge in [-0.25, -0.2) is 0 Å². The molecule has 0 aliphatic heterocycles. The first-order valence-electron chi connectivity index (χ1n) is 3.77. The summed E-state index contributed by atoms with van der Waals surface area (Å²) in [5, 5.41) is 17.0. The Morgan fingerprint density at radius 3 is 1.92 bits per heavy atom. The summed E-state index contributed by atoms with van der Waals surface area (Å²) in [5.41, 5.74) is 5.23. The van der Waals surface area contributed by atoms with Crippen LogP contribution in [0.4, 0.5) is 0 Å². The monoisotopic (exact) mass is 166 g/mol. The summed E-state index contributed by atoms with van der Waals surface area (Å²) in [6.07, 6.45) is 0. The molecule has 0 aromatic carbocycles. The zero-order valence-corrected chi connectivity index (χ0v) is 7.54. The van der Waals surface area contributed by atoms with Crippen LogP contribution in [0.5, 0.6) is 0 Å². The van der Waals surface area contributed by atoms with Gasteiger partial charge < -0.3 is 5.73 Å². The number of nitrogens with zero attached hydrogens (tertiary/aromatic N) is 3. The van der Waals surface area contributed by atoms with Gasteiger partial charge in [0.2, 0.25) is 0 Å². The first-order valence-corrected chi connectivity index (χ1v) is 3.77. The highest BCUT2D eigenvalue weighted by Crippen LogP contribution is 2.10. The maximum atomic E-state index is 8.48. The molecular formula is C8H14N4. The Morgan fingerprint density at radius 1 is 1.25 bits per heavy atom. The molecule has 0 spiro atoms. The predicted octanol–water partition coefficient (Wildman–Crippen LogP) is 0.0729. The summed E-state index contributed by atoms with van der Waals surface area (Å²) < 4.78 is 0. The SMILES string of the molecule is CC(C)(CN)N(CC#N)CC#N. The second-order valence-electron chi connectivity index (χ2n) is 3.19. The Morgan fingerprint density at radius 2 is 1.67 bits per heavy atom. The van der Waals surface area contributed by atoms with E-state index in [4.69, 9.17) is 16.3 Å². The van der Waals surface area contributed by atoms with Crippen LogP contribution in [0.1, 0.15) is 13.8 Å². The molecule has 0 aliphatic rings. The largest absolute Gasteiger partial charge is 0.329 e. The van der Waals surface area contributed by atoms with Crippen LogP contribution in [0.15, 0.2) is 0 Å². The maximum absolute atomic E-state index is 8.48. The van der Waals surface area contributed by atoms with Gasteiger partial charge in [0.1, 0.15) is 0 Å². The molecule has 0 rings (SSSR count). The summed E-state index contributed by atoms with van der Waals surface area (Å²) >= 11 is 0. The van der Waals surface area contributed by atoms with Crippen molar-refractivity contribution in [2.75, 3.05) is 19.6 Å². The molecule has 0 radical (unpaired) electrons. The molecule has 0 saturated carbocycles. The van der Waals surface area contributed by atoms with Gasteiger partial charge in [0, 0.05) is 12.1 Å². The summed E-state index contributed by atoms with van der Waals surface area (Å²) in [4.78, 5) is 1.76. The van der Waals surface area contributed by atoms with E-state index in [0.29, 0.717) is 6.54 Å². The van der Waals surface area contributed by atoms with Crippen molar-refractivity contribution in [1.82, 2.24) is 4.90 Å². The summed E-state index contributed by atoms with van der Waals surface area (Å²) in [5.74, 6) is 0. The van der Waals surface area contributed by atoms with Gasteiger partial charge in [0.05, 0.1) is 25.2 Å². The fraction of sp³-hybridized carbons (Fsp3) is 0.750. The number of rotatable bonds is 4. The van der Waals surface area contributed by atoms with Crippen LogP contribution in [0.3, 0.4) is 0 Å². The molecule has 0 saturated heterocycles. The third-order valence-electron chi connectivity index (χ3n) is 1.88. The molecule has 66 valence electrons. The van der Waals surface area contributed by atoms with Gasteiger partial charge in [-0.2, -0.15) is 10.5 Å². The fourth-order valence-corrected chi connectivity index (χ4v) is 0.784. The highest BCUT2D eigenvalue weighted by Gasteiger charge is 2.24. The Bertz CT molecular complexity index is 192. The second kappa shape index (κ2) is 4.71. The maximum Gasteiger partial charge on any atom is 0.0879 e. The Kier molecular flexibility index (Phi) is 4.28. The zero-order valence-electron chi connectivity index (χ0n) is 7.54. The van der Waals surface area contributed by atoms with Crippen molar-refractivity contribution in [3.05, 3.63) is 0 Å². The molecule has 0 fully saturated rings. The lowest BCUT2D eigenvalue weighted by Crippen LogP contribution is -2.49. The van der Waals surface area contributed by atoms with E-state index >= 15 is 0 Å². The Hall–Kier alpha value is -1.10. The Balaban J connectivity index is 4.31. The van der Waals surface area contributed by atoms with Crippen LogP contribution in [-0.2, 0) is 0 Å². The lowest BCUT2D eigenvalue weighted by molar-refractivity contribution is 0.165. The number of hydrogen-bond acceptors (Lipinski definition) is 4. The molecule has 0 atom stereocenters. The van der Waals surface area contributed by atoms with E-state index in [1.807, 2.05) is 26.0 Å². The van der Waals surface area contributed by atoms with E-state index in [9.17, 15) is 0 Å². The number of nitrogens with two attached hydrogens (primary N) is 1. The molecule has 0 aliphatic carbocycles. The fourth-order valence-electron chi connectivity index (χ4n) is 0.784. The molecule has 0 bridgehead atoms. The first-order chi connectivity index (χ1) is 5.58. The third-order valence-corrected chi connectivity index (χ3v) is 1.88. The van der Waals surface area contributed by atoms with Crippen LogP contribution in [0.2, 0.25) is 0 Å². The summed E-state index contributed by atoms with van der Waals surface area (Å²) in [6.45, 7) is 4.77. The van der Waals surface area contributed by atoms with Crippen LogP contribution in [0.25, 0.3) is 0 Å². The van der Waals surface area contributed by atoms with Gasteiger partial charge in [0.15, 0.2) is 0 Å². The summed E-state index contributed by atoms with van der Waals surface area (Å²) in [6, 6.07) is 4.02. The molecular weight excluding hydrogens is 152 g/mol. The van der Waals surface area contributed by atoms with Crippen molar-refractivity contribution in [2.45, 2.75) is 19.4 Å². The minimum Gasteiger partial charge on any atom is -0.329 e. The topological polar surface area (TPSA) is 76.8 Å². The highest BCUT2D eigenvalue weighted by molar-refractivity contribution is 4.93. The van der Waals surface area contributed by atoms with E-state index in [1.165, 1.54) is 0 Å². The van der Waals surface area contributed by atoms with Crippen LogP contribution in [-0.4, -0.2) is 30.1 Å². The van der Waals surface area contributed by atoms with Crippen molar-refractivity contribution in [3.63, 3.8) is 0 Å². The van der Waals surface area contributed by atoms with Gasteiger partial charge in [0.25, 0.3) is 0 Å². The van der Waals surface area contributed by atoms with Crippen molar-refractivity contribution < 1.29 is 0 Å². The van der Waals surface area contributed by atoms with Crippen molar-refractivity contribution in [2.24, 2.45) is 5.73 Å². The molecule has 4 nitrogen and oxygen atoms in total. The minimum absolute atomic E-state index is 0.248. The number of hydrogen-bond donors (Lipinski definition) is 1. The molecule has 0 aromatic rings. The molecule has 0 unspecified atom stereocenters. The van der Waals surface area contributed by atoms with Crippen molar-refractivity contribution in [3.8, 4) is 12.1 Å². The van der Waals surface area contributed by atoms with Crippen molar-refractivity contribution >= 4 is 0 Å². The van der Waals surface area contributed by atoms with Crippen LogP contribution < -0.4 is 5.73 Å². The van der Waals surface area contributed by atoms with Gasteiger partial charge in [-0.1, -0.05) is 0 Å². The van der Waals surface area contributed by atoms with E-state index in [1.54, 1.807) is 4.90 Å². The molecule has 12 heavy (non-hydrogen) atoms. The smallest absolute Gasteiger partial charge is 0.0879 e. The van der Waals surface area contributed by atoms with E-state index < -0.39 is 0 Å². The lowest BCUT2D eigenvalue weighted by Gasteiger charge is -2.33. The minimum atomic E-state index is -0.272. The average Bonchev–Trinajstić information content (AvgIpc) is 2.04. The molecule has 0 amide bonds. The molecule has 0 heterocycles. The lowest BCUT2D eigenvalue weighted by atomic mass is 10.0. The highest BCUT2D eigenvalue weighted by atomic mass is 15.2. The standard InChI is InChI=1S/C8H14N4/c1-8(2,7-11)12(5-3-9)6-4-10/h5-7,11H2,1-2H3. The first kappa shape index (κ1) is 10.9. The van der Waals surface area contributed by atoms with Gasteiger partial charge in [-0.15, -0.1) is 0 Å². The van der Waals surface area contributed by atoms with Gasteiger partial charge >= 0.3 is 0 Å². The quantitative estimate of drug-likeness (QED) is 0.600. The number of nitriles is 2. The molecule has 2 N–H and O–H groups in total. The van der Waals surface area contributed by atoms with Crippen LogP contribution in [0, 0.1) is 22.7 Å². The predicted molar refractivity (Wildman–Crippen MR) is 45.9 cm³/mol. The van der Waals surface area contributed by atoms with Crippen LogP contribution >= 0.6 is 0 Å². The van der Waals surface area contributed by atoms with E-state index in [-0.39, 0.29) is 18.6 Å². The van der Waals surface area contributed by atoms with E-state index in [2.05, 4.69) is 0 Å². The Labute approximate surface area is 73.2 Å². The zero-order chi connectivity index (χ0) is 9.61. The summed E-state index contributed by atoms with van der Waals surface area (Å²) in [7, 11) is 0. The third kappa shape index (κ3) is 2.87. The van der Waals surface area contributed by atoms with Gasteiger partial charge in [-0.3, -0.25) is 4.90 Å². The van der Waals surface area contributed by atoms with E-state index in [0.717, 1.165) is 0 Å². The second-order valence-corrected chi connectivity index (χ2v) is 3.19. The molecule has 0 aromatic heterocycles. The average molecular weight is 166 g/mol. The van der Waals surface area contributed by atoms with Gasteiger partial charge in [-0.05, 0) is 13.8 Å². The van der Waals surface area contributed by atoms with Crippen molar-refractivity contribution in [1.29, 1.82) is 10.5 Å².